The molecule has 1 amide bonds. The normalized spacial score (nSPS) is 10.7. The summed E-state index contributed by atoms with van der Waals surface area (Å²) >= 11 is 5.46. The summed E-state index contributed by atoms with van der Waals surface area (Å²) in [5, 5.41) is 14.4. The molecule has 0 saturated heterocycles. The molecule has 0 atom stereocenters. The third-order valence-corrected chi connectivity index (χ3v) is 4.96. The zero-order valence-electron chi connectivity index (χ0n) is 11.5. The molecule has 0 fully saturated rings. The van der Waals surface area contributed by atoms with E-state index in [2.05, 4.69) is 55.7 Å². The Labute approximate surface area is 163 Å². The van der Waals surface area contributed by atoms with Gasteiger partial charge in [0.1, 0.15) is 5.75 Å². The summed E-state index contributed by atoms with van der Waals surface area (Å²) in [6, 6.07) is 7.10. The lowest BCUT2D eigenvalue weighted by Gasteiger charge is -2.09. The van der Waals surface area contributed by atoms with Gasteiger partial charge >= 0.3 is 5.97 Å². The van der Waals surface area contributed by atoms with Crippen molar-refractivity contribution in [2.75, 3.05) is 6.61 Å². The first-order valence-corrected chi connectivity index (χ1v) is 9.21. The minimum absolute atomic E-state index is 0.262. The second kappa shape index (κ2) is 8.59. The summed E-state index contributed by atoms with van der Waals surface area (Å²) in [6.45, 7) is -0.393. The van der Waals surface area contributed by atoms with Crippen molar-refractivity contribution in [3.05, 3.63) is 47.2 Å². The number of halogens is 2. The van der Waals surface area contributed by atoms with E-state index in [9.17, 15) is 9.59 Å². The molecule has 0 aliphatic heterocycles. The molecular formula is C14H10I2N2O4S. The van der Waals surface area contributed by atoms with Crippen LogP contribution in [0.4, 0.5) is 0 Å². The van der Waals surface area contributed by atoms with Gasteiger partial charge in [0.05, 0.1) is 18.2 Å². The summed E-state index contributed by atoms with van der Waals surface area (Å²) in [6.07, 6.45) is 1.52. The first-order chi connectivity index (χ1) is 11.0. The molecule has 0 bridgehead atoms. The number of rotatable bonds is 6. The molecule has 6 nitrogen and oxygen atoms in total. The quantitative estimate of drug-likeness (QED) is 0.325. The van der Waals surface area contributed by atoms with Gasteiger partial charge < -0.3 is 9.84 Å². The fourth-order valence-corrected chi connectivity index (χ4v) is 4.30. The molecule has 0 radical (unpaired) electrons. The molecular weight excluding hydrogens is 546 g/mol. The van der Waals surface area contributed by atoms with Gasteiger partial charge in [-0.2, -0.15) is 5.10 Å². The molecule has 2 N–H and O–H groups in total. The van der Waals surface area contributed by atoms with Crippen LogP contribution in [0.1, 0.15) is 15.2 Å². The lowest BCUT2D eigenvalue weighted by Crippen LogP contribution is -2.16. The number of ether oxygens (including phenoxy) is 1. The average Bonchev–Trinajstić information content (AvgIpc) is 3.00. The Bertz CT molecular complexity index is 724. The summed E-state index contributed by atoms with van der Waals surface area (Å²) < 4.78 is 6.78. The number of amides is 1. The standard InChI is InChI=1S/C14H10I2N2O4S/c15-9-4-8(5-10(16)13(9)22-7-12(19)20)6-17-18-14(21)11-2-1-3-23-11/h1-6H,7H2,(H,18,21)(H,19,20). The first kappa shape index (κ1) is 18.1. The van der Waals surface area contributed by atoms with Gasteiger partial charge in [-0.15, -0.1) is 11.3 Å². The maximum Gasteiger partial charge on any atom is 0.341 e. The largest absolute Gasteiger partial charge is 0.480 e. The van der Waals surface area contributed by atoms with Crippen LogP contribution in [0, 0.1) is 7.14 Å². The molecule has 2 aromatic rings. The maximum atomic E-state index is 11.7. The van der Waals surface area contributed by atoms with Crippen LogP contribution in [0.5, 0.6) is 5.75 Å². The van der Waals surface area contributed by atoms with Crippen LogP contribution >= 0.6 is 56.5 Å². The van der Waals surface area contributed by atoms with E-state index in [1.54, 1.807) is 24.3 Å². The van der Waals surface area contributed by atoms with Crippen LogP contribution in [0.2, 0.25) is 0 Å². The van der Waals surface area contributed by atoms with Crippen LogP contribution in [0.25, 0.3) is 0 Å². The topological polar surface area (TPSA) is 88.0 Å². The van der Waals surface area contributed by atoms with Crippen LogP contribution < -0.4 is 10.2 Å². The van der Waals surface area contributed by atoms with Crippen molar-refractivity contribution in [3.63, 3.8) is 0 Å². The van der Waals surface area contributed by atoms with E-state index in [-0.39, 0.29) is 5.91 Å². The van der Waals surface area contributed by atoms with Crippen molar-refractivity contribution >= 4 is 74.6 Å². The second-order valence-corrected chi connectivity index (χ2v) is 7.44. The van der Waals surface area contributed by atoms with Gasteiger partial charge in [-0.3, -0.25) is 4.79 Å². The number of hydrazone groups is 1. The fraction of sp³-hybridized carbons (Fsp3) is 0.0714. The SMILES string of the molecule is O=C(O)COc1c(I)cc(C=NNC(=O)c2cccs2)cc1I. The van der Waals surface area contributed by atoms with Crippen molar-refractivity contribution < 1.29 is 19.4 Å². The molecule has 0 aliphatic carbocycles. The summed E-state index contributed by atoms with van der Waals surface area (Å²) in [4.78, 5) is 22.9. The highest BCUT2D eigenvalue weighted by Crippen LogP contribution is 2.28. The Morgan fingerprint density at radius 1 is 1.35 bits per heavy atom. The van der Waals surface area contributed by atoms with Gasteiger partial charge in [0.25, 0.3) is 5.91 Å². The molecule has 0 unspecified atom stereocenters. The highest BCUT2D eigenvalue weighted by atomic mass is 127. The minimum Gasteiger partial charge on any atom is -0.480 e. The number of nitrogens with zero attached hydrogens (tertiary/aromatic N) is 1. The number of hydrogen-bond donors (Lipinski definition) is 2. The van der Waals surface area contributed by atoms with E-state index in [0.29, 0.717) is 10.6 Å². The van der Waals surface area contributed by atoms with E-state index in [4.69, 9.17) is 9.84 Å². The number of nitrogens with one attached hydrogen (secondary N) is 1. The molecule has 0 aliphatic rings. The zero-order chi connectivity index (χ0) is 16.8. The lowest BCUT2D eigenvalue weighted by atomic mass is 10.2. The molecule has 23 heavy (non-hydrogen) atoms. The summed E-state index contributed by atoms with van der Waals surface area (Å²) in [5.74, 6) is -0.769. The highest BCUT2D eigenvalue weighted by molar-refractivity contribution is 14.1. The molecule has 9 heteroatoms. The van der Waals surface area contributed by atoms with Crippen LogP contribution in [0.3, 0.4) is 0 Å². The Hall–Kier alpha value is -1.21. The number of carboxylic acids is 1. The van der Waals surface area contributed by atoms with Gasteiger partial charge in [0.2, 0.25) is 0 Å². The number of hydrogen-bond acceptors (Lipinski definition) is 5. The molecule has 1 aromatic carbocycles. The van der Waals surface area contributed by atoms with E-state index in [0.717, 1.165) is 12.7 Å². The van der Waals surface area contributed by atoms with Crippen molar-refractivity contribution in [3.8, 4) is 5.75 Å². The number of carbonyl (C=O) groups excluding carboxylic acids is 1. The number of aliphatic carboxylic acids is 1. The smallest absolute Gasteiger partial charge is 0.341 e. The molecule has 0 saturated carbocycles. The maximum absolute atomic E-state index is 11.7. The van der Waals surface area contributed by atoms with E-state index < -0.39 is 12.6 Å². The number of carbonyl (C=O) groups is 2. The summed E-state index contributed by atoms with van der Waals surface area (Å²) in [5.41, 5.74) is 3.23. The van der Waals surface area contributed by atoms with Crippen molar-refractivity contribution in [1.82, 2.24) is 5.43 Å². The third-order valence-electron chi connectivity index (χ3n) is 2.49. The second-order valence-electron chi connectivity index (χ2n) is 4.17. The lowest BCUT2D eigenvalue weighted by molar-refractivity contribution is -0.139. The van der Waals surface area contributed by atoms with Crippen LogP contribution in [-0.2, 0) is 4.79 Å². The fourth-order valence-electron chi connectivity index (χ4n) is 1.55. The van der Waals surface area contributed by atoms with E-state index >= 15 is 0 Å². The van der Waals surface area contributed by atoms with Gasteiger partial charge in [0.15, 0.2) is 6.61 Å². The van der Waals surface area contributed by atoms with Gasteiger partial charge in [-0.25, -0.2) is 10.2 Å². The number of thiophene rings is 1. The predicted molar refractivity (Wildman–Crippen MR) is 104 cm³/mol. The minimum atomic E-state index is -1.03. The molecule has 1 aromatic heterocycles. The third kappa shape index (κ3) is 5.42. The summed E-state index contributed by atoms with van der Waals surface area (Å²) in [7, 11) is 0. The van der Waals surface area contributed by atoms with Crippen LogP contribution in [0.15, 0.2) is 34.7 Å². The monoisotopic (exact) mass is 556 g/mol. The van der Waals surface area contributed by atoms with E-state index in [1.807, 2.05) is 5.38 Å². The molecule has 120 valence electrons. The Morgan fingerprint density at radius 2 is 2.04 bits per heavy atom. The molecule has 0 spiro atoms. The predicted octanol–water partition coefficient (Wildman–Crippen LogP) is 3.18. The van der Waals surface area contributed by atoms with Crippen LogP contribution in [-0.4, -0.2) is 29.8 Å². The Balaban J connectivity index is 2.04. The average molecular weight is 556 g/mol. The van der Waals surface area contributed by atoms with Crippen molar-refractivity contribution in [2.24, 2.45) is 5.10 Å². The van der Waals surface area contributed by atoms with Gasteiger partial charge in [-0.05, 0) is 74.3 Å². The highest BCUT2D eigenvalue weighted by Gasteiger charge is 2.10. The van der Waals surface area contributed by atoms with Crippen molar-refractivity contribution in [1.29, 1.82) is 0 Å². The molecule has 1 heterocycles. The van der Waals surface area contributed by atoms with Gasteiger partial charge in [-0.1, -0.05) is 6.07 Å². The first-order valence-electron chi connectivity index (χ1n) is 6.18. The Morgan fingerprint density at radius 3 is 2.61 bits per heavy atom. The number of benzene rings is 1. The van der Waals surface area contributed by atoms with E-state index in [1.165, 1.54) is 17.6 Å². The van der Waals surface area contributed by atoms with Crippen molar-refractivity contribution in [2.45, 2.75) is 0 Å². The number of carboxylic acid groups (broad SMARTS) is 1. The molecule has 2 rings (SSSR count). The zero-order valence-corrected chi connectivity index (χ0v) is 16.6. The van der Waals surface area contributed by atoms with Gasteiger partial charge in [0, 0.05) is 0 Å². The Kier molecular flexibility index (Phi) is 6.77.